The van der Waals surface area contributed by atoms with Crippen LogP contribution in [-0.2, 0) is 17.8 Å². The van der Waals surface area contributed by atoms with E-state index in [-0.39, 0.29) is 18.2 Å². The van der Waals surface area contributed by atoms with E-state index in [0.717, 1.165) is 16.9 Å². The van der Waals surface area contributed by atoms with Crippen LogP contribution in [0.5, 0.6) is 0 Å². The molecule has 0 atom stereocenters. The Morgan fingerprint density at radius 2 is 1.72 bits per heavy atom. The highest BCUT2D eigenvalue weighted by atomic mass is 16.2. The first-order valence-electron chi connectivity index (χ1n) is 11.3. The van der Waals surface area contributed by atoms with E-state index in [1.165, 1.54) is 37.7 Å². The molecule has 1 aliphatic carbocycles. The van der Waals surface area contributed by atoms with Crippen LogP contribution in [0.2, 0.25) is 0 Å². The smallest absolute Gasteiger partial charge is 0.251 e. The Labute approximate surface area is 189 Å². The second-order valence-corrected chi connectivity index (χ2v) is 8.39. The number of pyridine rings is 1. The molecule has 0 radical (unpaired) electrons. The van der Waals surface area contributed by atoms with Gasteiger partial charge in [-0.05, 0) is 66.3 Å². The molecule has 5 heteroatoms. The van der Waals surface area contributed by atoms with Gasteiger partial charge in [0, 0.05) is 17.4 Å². The fraction of sp³-hybridized carbons (Fsp3) is 0.296. The van der Waals surface area contributed by atoms with Gasteiger partial charge in [-0.25, -0.2) is 0 Å². The van der Waals surface area contributed by atoms with E-state index in [9.17, 15) is 9.59 Å². The Bertz CT molecular complexity index is 1040. The van der Waals surface area contributed by atoms with E-state index in [4.69, 9.17) is 0 Å². The van der Waals surface area contributed by atoms with Crippen molar-refractivity contribution in [1.29, 1.82) is 0 Å². The largest absolute Gasteiger partial charge is 0.346 e. The number of nitrogens with one attached hydrogen (secondary N) is 2. The number of hydrogen-bond donors (Lipinski definition) is 2. The molecule has 1 aliphatic rings. The summed E-state index contributed by atoms with van der Waals surface area (Å²) in [5, 5.41) is 5.83. The molecule has 2 N–H and O–H groups in total. The summed E-state index contributed by atoms with van der Waals surface area (Å²) >= 11 is 0. The van der Waals surface area contributed by atoms with Gasteiger partial charge in [-0.15, -0.1) is 0 Å². The zero-order valence-electron chi connectivity index (χ0n) is 18.2. The van der Waals surface area contributed by atoms with Crippen molar-refractivity contribution in [3.63, 3.8) is 0 Å². The third kappa shape index (κ3) is 6.03. The van der Waals surface area contributed by atoms with Crippen LogP contribution >= 0.6 is 0 Å². The van der Waals surface area contributed by atoms with Crippen LogP contribution in [0.4, 0.5) is 5.69 Å². The van der Waals surface area contributed by atoms with Gasteiger partial charge in [0.25, 0.3) is 5.91 Å². The van der Waals surface area contributed by atoms with E-state index in [0.29, 0.717) is 18.0 Å². The predicted octanol–water partition coefficient (Wildman–Crippen LogP) is 5.24. The first-order chi connectivity index (χ1) is 15.7. The van der Waals surface area contributed by atoms with E-state index in [1.54, 1.807) is 24.4 Å². The van der Waals surface area contributed by atoms with E-state index >= 15 is 0 Å². The van der Waals surface area contributed by atoms with E-state index in [1.807, 2.05) is 36.4 Å². The molecule has 0 saturated heterocycles. The Kier molecular flexibility index (Phi) is 7.28. The maximum absolute atomic E-state index is 12.5. The molecule has 5 nitrogen and oxygen atoms in total. The Morgan fingerprint density at radius 1 is 0.906 bits per heavy atom. The van der Waals surface area contributed by atoms with Gasteiger partial charge < -0.3 is 10.6 Å². The topological polar surface area (TPSA) is 71.1 Å². The summed E-state index contributed by atoms with van der Waals surface area (Å²) in [6.07, 6.45) is 8.40. The summed E-state index contributed by atoms with van der Waals surface area (Å²) in [7, 11) is 0. The fourth-order valence-corrected chi connectivity index (χ4v) is 4.26. The normalized spacial score (nSPS) is 14.0. The summed E-state index contributed by atoms with van der Waals surface area (Å²) < 4.78 is 0. The summed E-state index contributed by atoms with van der Waals surface area (Å²) in [5.41, 5.74) is 4.30. The van der Waals surface area contributed by atoms with Crippen LogP contribution < -0.4 is 10.6 Å². The maximum Gasteiger partial charge on any atom is 0.251 e. The third-order valence-electron chi connectivity index (χ3n) is 5.98. The van der Waals surface area contributed by atoms with Gasteiger partial charge in [0.05, 0.1) is 18.7 Å². The highest BCUT2D eigenvalue weighted by Gasteiger charge is 2.15. The van der Waals surface area contributed by atoms with Gasteiger partial charge in [0.1, 0.15) is 0 Å². The minimum atomic E-state index is -0.184. The van der Waals surface area contributed by atoms with Crippen molar-refractivity contribution < 1.29 is 9.59 Å². The van der Waals surface area contributed by atoms with Crippen LogP contribution in [0.25, 0.3) is 0 Å². The second kappa shape index (κ2) is 10.7. The Hall–Kier alpha value is -3.47. The molecule has 164 valence electrons. The molecule has 3 aromatic rings. The Balaban J connectivity index is 1.30. The zero-order chi connectivity index (χ0) is 22.2. The fourth-order valence-electron chi connectivity index (χ4n) is 4.26. The van der Waals surface area contributed by atoms with Crippen molar-refractivity contribution >= 4 is 17.5 Å². The number of rotatable bonds is 7. The highest BCUT2D eigenvalue weighted by molar-refractivity contribution is 5.95. The molecule has 1 saturated carbocycles. The summed E-state index contributed by atoms with van der Waals surface area (Å²) in [6.45, 7) is 0.362. The molecular formula is C27H29N3O2. The molecule has 1 heterocycles. The first-order valence-corrected chi connectivity index (χ1v) is 11.3. The highest BCUT2D eigenvalue weighted by Crippen LogP contribution is 2.32. The van der Waals surface area contributed by atoms with Crippen molar-refractivity contribution in [2.75, 3.05) is 5.32 Å². The SMILES string of the molecule is O=C(Cc1cccc(C(=O)NCc2ccccn2)c1)Nc1ccc(C2CCCCC2)cc1. The molecule has 2 amide bonds. The van der Waals surface area contributed by atoms with Gasteiger partial charge in [0.15, 0.2) is 0 Å². The lowest BCUT2D eigenvalue weighted by atomic mass is 9.84. The standard InChI is InChI=1S/C27H29N3O2/c31-26(30-24-14-12-22(13-15-24)21-8-2-1-3-9-21)18-20-7-6-10-23(17-20)27(32)29-19-25-11-4-5-16-28-25/h4-7,10-17,21H,1-3,8-9,18-19H2,(H,29,32)(H,30,31). The molecule has 32 heavy (non-hydrogen) atoms. The van der Waals surface area contributed by atoms with Crippen molar-refractivity contribution in [1.82, 2.24) is 10.3 Å². The molecule has 2 aromatic carbocycles. The maximum atomic E-state index is 12.5. The molecule has 1 fully saturated rings. The third-order valence-corrected chi connectivity index (χ3v) is 5.98. The predicted molar refractivity (Wildman–Crippen MR) is 126 cm³/mol. The second-order valence-electron chi connectivity index (χ2n) is 8.39. The number of carbonyl (C=O) groups excluding carboxylic acids is 2. The summed E-state index contributed by atoms with van der Waals surface area (Å²) in [5.74, 6) is 0.373. The quantitative estimate of drug-likeness (QED) is 0.542. The van der Waals surface area contributed by atoms with Crippen LogP contribution in [0, 0.1) is 0 Å². The van der Waals surface area contributed by atoms with Gasteiger partial charge in [-0.3, -0.25) is 14.6 Å². The average Bonchev–Trinajstić information content (AvgIpc) is 2.84. The summed E-state index contributed by atoms with van der Waals surface area (Å²) in [6, 6.07) is 21.0. The minimum absolute atomic E-state index is 0.0959. The number of benzene rings is 2. The van der Waals surface area contributed by atoms with Gasteiger partial charge in [-0.1, -0.05) is 49.6 Å². The van der Waals surface area contributed by atoms with Crippen molar-refractivity contribution in [3.8, 4) is 0 Å². The van der Waals surface area contributed by atoms with Crippen molar-refractivity contribution in [2.24, 2.45) is 0 Å². The molecule has 0 unspecified atom stereocenters. The number of aromatic nitrogens is 1. The molecular weight excluding hydrogens is 398 g/mol. The number of hydrogen-bond acceptors (Lipinski definition) is 3. The molecule has 1 aromatic heterocycles. The number of anilines is 1. The van der Waals surface area contributed by atoms with Gasteiger partial charge >= 0.3 is 0 Å². The van der Waals surface area contributed by atoms with E-state index in [2.05, 4.69) is 27.8 Å². The number of carbonyl (C=O) groups is 2. The van der Waals surface area contributed by atoms with Gasteiger partial charge in [-0.2, -0.15) is 0 Å². The monoisotopic (exact) mass is 427 g/mol. The zero-order valence-corrected chi connectivity index (χ0v) is 18.2. The van der Waals surface area contributed by atoms with Crippen LogP contribution in [0.15, 0.2) is 72.9 Å². The van der Waals surface area contributed by atoms with Crippen molar-refractivity contribution in [2.45, 2.75) is 51.0 Å². The minimum Gasteiger partial charge on any atom is -0.346 e. The van der Waals surface area contributed by atoms with E-state index < -0.39 is 0 Å². The lowest BCUT2D eigenvalue weighted by Gasteiger charge is -2.22. The number of nitrogens with zero attached hydrogens (tertiary/aromatic N) is 1. The van der Waals surface area contributed by atoms with Crippen LogP contribution in [0.1, 0.15) is 65.2 Å². The summed E-state index contributed by atoms with van der Waals surface area (Å²) in [4.78, 5) is 29.2. The average molecular weight is 428 g/mol. The lowest BCUT2D eigenvalue weighted by molar-refractivity contribution is -0.115. The molecule has 0 bridgehead atoms. The molecule has 0 spiro atoms. The van der Waals surface area contributed by atoms with Crippen molar-refractivity contribution in [3.05, 3.63) is 95.3 Å². The van der Waals surface area contributed by atoms with Crippen LogP contribution in [0.3, 0.4) is 0 Å². The molecule has 0 aliphatic heterocycles. The number of amides is 2. The molecule has 4 rings (SSSR count). The Morgan fingerprint density at radius 3 is 2.47 bits per heavy atom. The van der Waals surface area contributed by atoms with Gasteiger partial charge in [0.2, 0.25) is 5.91 Å². The first kappa shape index (κ1) is 21.8. The van der Waals surface area contributed by atoms with Crippen LogP contribution in [-0.4, -0.2) is 16.8 Å². The lowest BCUT2D eigenvalue weighted by Crippen LogP contribution is -2.23.